The summed E-state index contributed by atoms with van der Waals surface area (Å²) < 4.78 is 19.4. The van der Waals surface area contributed by atoms with Gasteiger partial charge < -0.3 is 4.74 Å². The first-order valence-electron chi connectivity index (χ1n) is 6.81. The van der Waals surface area contributed by atoms with Crippen LogP contribution in [0.15, 0.2) is 35.3 Å². The van der Waals surface area contributed by atoms with E-state index in [0.717, 1.165) is 24.1 Å². The summed E-state index contributed by atoms with van der Waals surface area (Å²) in [7, 11) is 0. The summed E-state index contributed by atoms with van der Waals surface area (Å²) in [4.78, 5) is 4.22. The number of nitriles is 1. The molecule has 0 aromatic heterocycles. The van der Waals surface area contributed by atoms with Gasteiger partial charge in [0.2, 0.25) is 0 Å². The van der Waals surface area contributed by atoms with Crippen molar-refractivity contribution in [3.63, 3.8) is 0 Å². The molecule has 5 heteroatoms. The molecule has 0 atom stereocenters. The lowest BCUT2D eigenvalue weighted by Crippen LogP contribution is -2.06. The van der Waals surface area contributed by atoms with Crippen LogP contribution >= 0.6 is 11.6 Å². The Morgan fingerprint density at radius 1 is 1.32 bits per heavy atom. The molecule has 1 aliphatic rings. The second-order valence-electron chi connectivity index (χ2n) is 4.97. The van der Waals surface area contributed by atoms with Crippen LogP contribution < -0.4 is 4.74 Å². The lowest BCUT2D eigenvalue weighted by Gasteiger charge is -2.14. The Bertz CT molecular complexity index is 796. The summed E-state index contributed by atoms with van der Waals surface area (Å²) in [5.74, 6) is 0.00878. The van der Waals surface area contributed by atoms with Crippen molar-refractivity contribution in [1.29, 1.82) is 5.26 Å². The summed E-state index contributed by atoms with van der Waals surface area (Å²) in [5.41, 5.74) is 2.86. The van der Waals surface area contributed by atoms with E-state index in [-0.39, 0.29) is 6.61 Å². The monoisotopic (exact) mass is 314 g/mol. The van der Waals surface area contributed by atoms with Gasteiger partial charge in [0.05, 0.1) is 5.56 Å². The first-order valence-corrected chi connectivity index (χ1v) is 7.19. The van der Waals surface area contributed by atoms with E-state index in [1.807, 2.05) is 6.07 Å². The lowest BCUT2D eigenvalue weighted by molar-refractivity contribution is 0.299. The molecular weight excluding hydrogens is 303 g/mol. The molecule has 3 nitrogen and oxygen atoms in total. The molecule has 0 N–H and O–H groups in total. The van der Waals surface area contributed by atoms with Crippen LogP contribution in [0.25, 0.3) is 0 Å². The Morgan fingerprint density at radius 3 is 2.95 bits per heavy atom. The third-order valence-electron chi connectivity index (χ3n) is 3.50. The van der Waals surface area contributed by atoms with Gasteiger partial charge in [0, 0.05) is 23.3 Å². The van der Waals surface area contributed by atoms with Gasteiger partial charge in [-0.05, 0) is 41.8 Å². The highest BCUT2D eigenvalue weighted by Crippen LogP contribution is 2.26. The summed E-state index contributed by atoms with van der Waals surface area (Å²) in [6, 6.07) is 10.1. The third kappa shape index (κ3) is 2.95. The van der Waals surface area contributed by atoms with Crippen molar-refractivity contribution in [3.05, 3.63) is 63.4 Å². The molecule has 0 fully saturated rings. The molecule has 1 heterocycles. The number of ether oxygens (including phenoxy) is 1. The predicted octanol–water partition coefficient (Wildman–Crippen LogP) is 3.90. The smallest absolute Gasteiger partial charge is 0.138 e. The minimum absolute atomic E-state index is 0.0353. The first-order chi connectivity index (χ1) is 10.7. The first kappa shape index (κ1) is 14.6. The van der Waals surface area contributed by atoms with Gasteiger partial charge in [-0.3, -0.25) is 4.99 Å². The Morgan fingerprint density at radius 2 is 2.18 bits per heavy atom. The average molecular weight is 315 g/mol. The number of hydrogen-bond acceptors (Lipinski definition) is 3. The molecular formula is C17H12ClFN2O. The van der Waals surface area contributed by atoms with E-state index >= 15 is 0 Å². The lowest BCUT2D eigenvalue weighted by atomic mass is 9.99. The van der Waals surface area contributed by atoms with Gasteiger partial charge in [-0.25, -0.2) is 4.39 Å². The summed E-state index contributed by atoms with van der Waals surface area (Å²) >= 11 is 5.72. The molecule has 0 unspecified atom stereocenters. The Labute approximate surface area is 132 Å². The van der Waals surface area contributed by atoms with Gasteiger partial charge in [0.15, 0.2) is 0 Å². The number of nitrogens with zero attached hydrogens (tertiary/aromatic N) is 2. The summed E-state index contributed by atoms with van der Waals surface area (Å²) in [5, 5.41) is 9.59. The molecule has 0 radical (unpaired) electrons. The van der Waals surface area contributed by atoms with Crippen LogP contribution in [0, 0.1) is 17.1 Å². The molecule has 0 spiro atoms. The second-order valence-corrected chi connectivity index (χ2v) is 5.41. The molecule has 2 aromatic rings. The largest absolute Gasteiger partial charge is 0.487 e. The van der Waals surface area contributed by atoms with Crippen LogP contribution in [0.4, 0.5) is 4.39 Å². The van der Waals surface area contributed by atoms with Crippen molar-refractivity contribution in [1.82, 2.24) is 0 Å². The fourth-order valence-electron chi connectivity index (χ4n) is 2.33. The number of fused-ring (bicyclic) bond motifs is 1. The molecule has 1 aliphatic heterocycles. The zero-order valence-electron chi connectivity index (χ0n) is 11.6. The van der Waals surface area contributed by atoms with Crippen LogP contribution in [-0.2, 0) is 13.0 Å². The quantitative estimate of drug-likeness (QED) is 0.862. The number of halogens is 2. The minimum Gasteiger partial charge on any atom is -0.487 e. The van der Waals surface area contributed by atoms with Crippen LogP contribution in [0.3, 0.4) is 0 Å². The summed E-state index contributed by atoms with van der Waals surface area (Å²) in [6.07, 6.45) is 2.59. The van der Waals surface area contributed by atoms with Gasteiger partial charge in [-0.15, -0.1) is 0 Å². The highest BCUT2D eigenvalue weighted by Gasteiger charge is 2.13. The standard InChI is InChI=1S/C17H12ClFN2O/c18-15-2-1-12(16(19)7-15)10-22-17-6-14-9-21-4-3-11(14)5-13(17)8-20/h1-2,5-7,9H,3-4,10H2. The van der Waals surface area contributed by atoms with Crippen molar-refractivity contribution >= 4 is 17.8 Å². The Balaban J connectivity index is 1.86. The normalized spacial score (nSPS) is 12.6. The van der Waals surface area contributed by atoms with Gasteiger partial charge >= 0.3 is 0 Å². The number of rotatable bonds is 3. The topological polar surface area (TPSA) is 45.4 Å². The van der Waals surface area contributed by atoms with Crippen molar-refractivity contribution < 1.29 is 9.13 Å². The van der Waals surface area contributed by atoms with Crippen molar-refractivity contribution in [2.45, 2.75) is 13.0 Å². The van der Waals surface area contributed by atoms with E-state index < -0.39 is 5.82 Å². The van der Waals surface area contributed by atoms with Gasteiger partial charge in [-0.1, -0.05) is 17.7 Å². The van der Waals surface area contributed by atoms with Gasteiger partial charge in [-0.2, -0.15) is 5.26 Å². The SMILES string of the molecule is N#Cc1cc2c(cc1OCc1ccc(Cl)cc1F)C=NCC2. The molecule has 0 bridgehead atoms. The van der Waals surface area contributed by atoms with Crippen LogP contribution in [0.1, 0.15) is 22.3 Å². The van der Waals surface area contributed by atoms with E-state index in [9.17, 15) is 9.65 Å². The highest BCUT2D eigenvalue weighted by molar-refractivity contribution is 6.30. The van der Waals surface area contributed by atoms with Gasteiger partial charge in [0.25, 0.3) is 0 Å². The Kier molecular flexibility index (Phi) is 4.08. The molecule has 0 saturated heterocycles. The molecule has 0 aliphatic carbocycles. The fraction of sp³-hybridized carbons (Fsp3) is 0.176. The maximum Gasteiger partial charge on any atom is 0.138 e. The fourth-order valence-corrected chi connectivity index (χ4v) is 2.48. The highest BCUT2D eigenvalue weighted by atomic mass is 35.5. The second kappa shape index (κ2) is 6.17. The van der Waals surface area contributed by atoms with E-state index in [0.29, 0.717) is 21.9 Å². The molecule has 2 aromatic carbocycles. The molecule has 0 amide bonds. The maximum absolute atomic E-state index is 13.8. The zero-order valence-corrected chi connectivity index (χ0v) is 12.4. The molecule has 0 saturated carbocycles. The minimum atomic E-state index is -0.425. The van der Waals surface area contributed by atoms with E-state index in [1.165, 1.54) is 6.07 Å². The Hall–Kier alpha value is -2.38. The summed E-state index contributed by atoms with van der Waals surface area (Å²) in [6.45, 7) is 0.766. The maximum atomic E-state index is 13.8. The van der Waals surface area contributed by atoms with E-state index in [1.54, 1.807) is 24.4 Å². The van der Waals surface area contributed by atoms with E-state index in [2.05, 4.69) is 11.1 Å². The van der Waals surface area contributed by atoms with Crippen molar-refractivity contribution in [2.24, 2.45) is 4.99 Å². The average Bonchev–Trinajstić information content (AvgIpc) is 2.53. The van der Waals surface area contributed by atoms with Crippen LogP contribution in [-0.4, -0.2) is 12.8 Å². The third-order valence-corrected chi connectivity index (χ3v) is 3.74. The van der Waals surface area contributed by atoms with Gasteiger partial charge in [0.1, 0.15) is 24.2 Å². The number of hydrogen-bond donors (Lipinski definition) is 0. The predicted molar refractivity (Wildman–Crippen MR) is 83.1 cm³/mol. The molecule has 22 heavy (non-hydrogen) atoms. The molecule has 110 valence electrons. The van der Waals surface area contributed by atoms with Crippen LogP contribution in [0.2, 0.25) is 5.02 Å². The van der Waals surface area contributed by atoms with Crippen molar-refractivity contribution in [3.8, 4) is 11.8 Å². The van der Waals surface area contributed by atoms with Crippen LogP contribution in [0.5, 0.6) is 5.75 Å². The molecule has 3 rings (SSSR count). The van der Waals surface area contributed by atoms with E-state index in [4.69, 9.17) is 16.3 Å². The number of aliphatic imine (C=N–C) groups is 1. The number of benzene rings is 2. The van der Waals surface area contributed by atoms with Crippen molar-refractivity contribution in [2.75, 3.05) is 6.54 Å². The zero-order chi connectivity index (χ0) is 15.5.